The third kappa shape index (κ3) is 2.39. The number of benzene rings is 1. The van der Waals surface area contributed by atoms with Crippen LogP contribution in [0.4, 0.5) is 0 Å². The Morgan fingerprint density at radius 2 is 1.89 bits per heavy atom. The van der Waals surface area contributed by atoms with Crippen LogP contribution in [-0.4, -0.2) is 9.55 Å². The summed E-state index contributed by atoms with van der Waals surface area (Å²) in [6, 6.07) is 12.2. The number of hydrogen-bond donors (Lipinski definition) is 0. The molecule has 88 valence electrons. The van der Waals surface area contributed by atoms with Crippen LogP contribution in [0.25, 0.3) is 0 Å². The zero-order chi connectivity index (χ0) is 13.0. The van der Waals surface area contributed by atoms with Crippen molar-refractivity contribution in [2.75, 3.05) is 0 Å². The molecule has 0 N–H and O–H groups in total. The van der Waals surface area contributed by atoms with Crippen LogP contribution in [0.15, 0.2) is 30.6 Å². The summed E-state index contributed by atoms with van der Waals surface area (Å²) in [4.78, 5) is 3.91. The third-order valence-corrected chi connectivity index (χ3v) is 2.81. The maximum Gasteiger partial charge on any atom is 0.176 e. The Morgan fingerprint density at radius 3 is 2.50 bits per heavy atom. The lowest BCUT2D eigenvalue weighted by Crippen LogP contribution is -2.03. The maximum absolute atomic E-state index is 8.99. The van der Waals surface area contributed by atoms with Crippen LogP contribution >= 0.6 is 0 Å². The fourth-order valence-corrected chi connectivity index (χ4v) is 1.76. The van der Waals surface area contributed by atoms with E-state index < -0.39 is 0 Å². The molecular weight excluding hydrogens is 224 g/mol. The fraction of sp³-hybridized carbons (Fsp3) is 0.214. The van der Waals surface area contributed by atoms with Crippen LogP contribution in [0.2, 0.25) is 0 Å². The number of imidazole rings is 1. The van der Waals surface area contributed by atoms with Gasteiger partial charge in [0, 0.05) is 6.54 Å². The van der Waals surface area contributed by atoms with E-state index in [4.69, 9.17) is 10.5 Å². The van der Waals surface area contributed by atoms with Gasteiger partial charge < -0.3 is 4.57 Å². The molecule has 2 aromatic rings. The van der Waals surface area contributed by atoms with E-state index in [1.165, 1.54) is 11.1 Å². The van der Waals surface area contributed by atoms with E-state index in [1.54, 1.807) is 10.9 Å². The quantitative estimate of drug-likeness (QED) is 0.820. The number of aromatic nitrogens is 2. The zero-order valence-electron chi connectivity index (χ0n) is 10.1. The van der Waals surface area contributed by atoms with Crippen molar-refractivity contribution in [3.63, 3.8) is 0 Å². The second-order valence-corrected chi connectivity index (χ2v) is 4.09. The van der Waals surface area contributed by atoms with E-state index in [0.717, 1.165) is 6.42 Å². The van der Waals surface area contributed by atoms with Crippen molar-refractivity contribution < 1.29 is 0 Å². The van der Waals surface area contributed by atoms with Crippen molar-refractivity contribution in [3.05, 3.63) is 53.1 Å². The summed E-state index contributed by atoms with van der Waals surface area (Å²) < 4.78 is 1.72. The van der Waals surface area contributed by atoms with Gasteiger partial charge >= 0.3 is 0 Å². The van der Waals surface area contributed by atoms with Crippen LogP contribution in [0.1, 0.15) is 22.5 Å². The van der Waals surface area contributed by atoms with Gasteiger partial charge in [-0.1, -0.05) is 29.8 Å². The first-order chi connectivity index (χ1) is 8.74. The van der Waals surface area contributed by atoms with E-state index in [9.17, 15) is 0 Å². The predicted octanol–water partition coefficient (Wildman–Crippen LogP) is 2.18. The Balaban J connectivity index is 2.12. The highest BCUT2D eigenvalue weighted by molar-refractivity contribution is 5.36. The maximum atomic E-state index is 8.99. The third-order valence-electron chi connectivity index (χ3n) is 2.81. The molecule has 0 unspecified atom stereocenters. The summed E-state index contributed by atoms with van der Waals surface area (Å²) in [6.45, 7) is 2.70. The largest absolute Gasteiger partial charge is 0.321 e. The van der Waals surface area contributed by atoms with E-state index in [-0.39, 0.29) is 5.69 Å². The molecule has 0 radical (unpaired) electrons. The lowest BCUT2D eigenvalue weighted by atomic mass is 10.1. The molecule has 0 spiro atoms. The Hall–Kier alpha value is -2.59. The summed E-state index contributed by atoms with van der Waals surface area (Å²) in [6.07, 6.45) is 2.36. The lowest BCUT2D eigenvalue weighted by Gasteiger charge is -2.04. The van der Waals surface area contributed by atoms with Crippen LogP contribution in [-0.2, 0) is 13.0 Å². The summed E-state index contributed by atoms with van der Waals surface area (Å²) in [5.74, 6) is 0. The highest BCUT2D eigenvalue weighted by Gasteiger charge is 2.09. The summed E-state index contributed by atoms with van der Waals surface area (Å²) in [5, 5.41) is 17.8. The van der Waals surface area contributed by atoms with Gasteiger partial charge in [0.05, 0.1) is 6.33 Å². The molecule has 0 aliphatic rings. The number of aryl methyl sites for hydroxylation is 3. The molecule has 0 atom stereocenters. The van der Waals surface area contributed by atoms with E-state index in [2.05, 4.69) is 29.2 Å². The first kappa shape index (κ1) is 11.9. The van der Waals surface area contributed by atoms with Gasteiger partial charge in [-0.05, 0) is 18.9 Å². The Labute approximate surface area is 106 Å². The smallest absolute Gasteiger partial charge is 0.176 e. The van der Waals surface area contributed by atoms with Crippen LogP contribution in [0.5, 0.6) is 0 Å². The predicted molar refractivity (Wildman–Crippen MR) is 66.5 cm³/mol. The molecule has 1 aromatic carbocycles. The van der Waals surface area contributed by atoms with Gasteiger partial charge in [-0.25, -0.2) is 4.98 Å². The molecule has 0 aliphatic carbocycles. The average molecular weight is 236 g/mol. The molecule has 0 fully saturated rings. The van der Waals surface area contributed by atoms with E-state index >= 15 is 0 Å². The highest BCUT2D eigenvalue weighted by atomic mass is 15.1. The second kappa shape index (κ2) is 5.16. The van der Waals surface area contributed by atoms with Gasteiger partial charge in [0.25, 0.3) is 0 Å². The Morgan fingerprint density at radius 1 is 1.17 bits per heavy atom. The summed E-state index contributed by atoms with van der Waals surface area (Å²) in [5.41, 5.74) is 2.97. The van der Waals surface area contributed by atoms with Crippen molar-refractivity contribution >= 4 is 0 Å². The second-order valence-electron chi connectivity index (χ2n) is 4.09. The van der Waals surface area contributed by atoms with Gasteiger partial charge in [-0.15, -0.1) is 0 Å². The molecule has 0 aliphatic heterocycles. The van der Waals surface area contributed by atoms with Crippen molar-refractivity contribution in [1.82, 2.24) is 9.55 Å². The highest BCUT2D eigenvalue weighted by Crippen LogP contribution is 2.09. The van der Waals surface area contributed by atoms with Crippen molar-refractivity contribution in [2.45, 2.75) is 19.9 Å². The van der Waals surface area contributed by atoms with Crippen LogP contribution in [0, 0.1) is 29.6 Å². The molecule has 1 heterocycles. The molecule has 0 amide bonds. The standard InChI is InChI=1S/C14H12N4/c1-11-2-4-12(5-3-11)6-7-18-10-17-13(8-15)14(18)9-16/h2-5,10H,6-7H2,1H3. The summed E-state index contributed by atoms with van der Waals surface area (Å²) >= 11 is 0. The number of hydrogen-bond acceptors (Lipinski definition) is 3. The van der Waals surface area contributed by atoms with Crippen LogP contribution in [0.3, 0.4) is 0 Å². The molecule has 18 heavy (non-hydrogen) atoms. The zero-order valence-corrected chi connectivity index (χ0v) is 10.1. The van der Waals surface area contributed by atoms with Crippen molar-refractivity contribution in [1.29, 1.82) is 10.5 Å². The average Bonchev–Trinajstić information content (AvgIpc) is 2.80. The van der Waals surface area contributed by atoms with E-state index in [1.807, 2.05) is 19.1 Å². The minimum Gasteiger partial charge on any atom is -0.321 e. The minimum atomic E-state index is 0.196. The van der Waals surface area contributed by atoms with Gasteiger partial charge in [-0.3, -0.25) is 0 Å². The first-order valence-corrected chi connectivity index (χ1v) is 5.65. The molecule has 0 saturated carbocycles. The van der Waals surface area contributed by atoms with E-state index in [0.29, 0.717) is 12.2 Å². The van der Waals surface area contributed by atoms with Crippen LogP contribution < -0.4 is 0 Å². The molecule has 0 bridgehead atoms. The van der Waals surface area contributed by atoms with Gasteiger partial charge in [-0.2, -0.15) is 10.5 Å². The molecular formula is C14H12N4. The summed E-state index contributed by atoms with van der Waals surface area (Å²) in [7, 11) is 0. The number of rotatable bonds is 3. The van der Waals surface area contributed by atoms with Crippen molar-refractivity contribution in [3.8, 4) is 12.1 Å². The lowest BCUT2D eigenvalue weighted by molar-refractivity contribution is 0.688. The number of nitrogens with zero attached hydrogens (tertiary/aromatic N) is 4. The molecule has 4 heteroatoms. The Bertz CT molecular complexity index is 623. The fourth-order valence-electron chi connectivity index (χ4n) is 1.76. The topological polar surface area (TPSA) is 65.4 Å². The SMILES string of the molecule is Cc1ccc(CCn2cnc(C#N)c2C#N)cc1. The monoisotopic (exact) mass is 236 g/mol. The first-order valence-electron chi connectivity index (χ1n) is 5.65. The van der Waals surface area contributed by atoms with Gasteiger partial charge in [0.15, 0.2) is 11.4 Å². The Kier molecular flexibility index (Phi) is 3.41. The molecule has 1 aromatic heterocycles. The van der Waals surface area contributed by atoms with Crippen molar-refractivity contribution in [2.24, 2.45) is 0 Å². The minimum absolute atomic E-state index is 0.196. The van der Waals surface area contributed by atoms with Gasteiger partial charge in [0.2, 0.25) is 0 Å². The normalized spacial score (nSPS) is 9.72. The molecule has 0 saturated heterocycles. The number of nitriles is 2. The molecule has 4 nitrogen and oxygen atoms in total. The molecule has 2 rings (SSSR count). The van der Waals surface area contributed by atoms with Gasteiger partial charge in [0.1, 0.15) is 12.1 Å².